The van der Waals surface area contributed by atoms with Gasteiger partial charge in [-0.3, -0.25) is 4.79 Å². The van der Waals surface area contributed by atoms with Gasteiger partial charge in [0.05, 0.1) is 0 Å². The monoisotopic (exact) mass is 514 g/mol. The van der Waals surface area contributed by atoms with Crippen molar-refractivity contribution < 1.29 is 32.9 Å². The van der Waals surface area contributed by atoms with E-state index in [2.05, 4.69) is 53.5 Å². The molecule has 196 valence electrons. The highest BCUT2D eigenvalue weighted by molar-refractivity contribution is 6.76. The molecule has 4 aliphatic rings. The van der Waals surface area contributed by atoms with Crippen LogP contribution in [0.4, 0.5) is 0 Å². The lowest BCUT2D eigenvalue weighted by Gasteiger charge is -2.64. The van der Waals surface area contributed by atoms with E-state index >= 15 is 0 Å². The Kier molecular flexibility index (Phi) is 7.86. The zero-order valence-corrected chi connectivity index (χ0v) is 25.1. The maximum absolute atomic E-state index is 13.9. The van der Waals surface area contributed by atoms with E-state index in [-0.39, 0.29) is 17.6 Å². The minimum absolute atomic E-state index is 0.0266. The normalized spacial score (nSPS) is 35.7. The van der Waals surface area contributed by atoms with Crippen LogP contribution in [0.3, 0.4) is 0 Å². The number of carbonyl (C=O) groups is 1. The summed E-state index contributed by atoms with van der Waals surface area (Å²) in [5, 5.41) is -0.0266. The third-order valence-corrected chi connectivity index (χ3v) is 13.7. The smallest absolute Gasteiger partial charge is 0.282 e. The maximum Gasteiger partial charge on any atom is 0.282 e. The second kappa shape index (κ2) is 9.48. The minimum atomic E-state index is -2.22. The molecule has 0 aromatic heterocycles. The highest BCUT2D eigenvalue weighted by Crippen LogP contribution is 2.53. The second-order valence-electron chi connectivity index (χ2n) is 13.1. The summed E-state index contributed by atoms with van der Waals surface area (Å²) in [6.45, 7) is 24.3. The molecule has 6 atom stereocenters. The van der Waals surface area contributed by atoms with Crippen LogP contribution in [0.15, 0.2) is 11.6 Å². The lowest BCUT2D eigenvalue weighted by Crippen LogP contribution is -2.83. The molecule has 9 heteroatoms. The Morgan fingerprint density at radius 2 is 1.76 bits per heavy atom. The lowest BCUT2D eigenvalue weighted by atomic mass is 9.71. The van der Waals surface area contributed by atoms with E-state index in [1.54, 1.807) is 6.92 Å². The van der Waals surface area contributed by atoms with E-state index < -0.39 is 52.4 Å². The van der Waals surface area contributed by atoms with Crippen LogP contribution in [0.25, 0.3) is 0 Å². The number of ether oxygens (including phenoxy) is 5. The SMILES string of the molecule is CC(C)=CC[C@@]12OC3(C)OC(C1=O)[C@@H](O[Si](C)(C)C(C)(C)C)C(O3)C2OCOCC[Si](C)(C)C. The fourth-order valence-corrected chi connectivity index (χ4v) is 6.48. The lowest BCUT2D eigenvalue weighted by molar-refractivity contribution is -0.516. The van der Waals surface area contributed by atoms with E-state index in [9.17, 15) is 4.79 Å². The number of rotatable bonds is 10. The molecule has 4 bridgehead atoms. The first kappa shape index (κ1) is 28.2. The topological polar surface area (TPSA) is 72.5 Å². The number of Topliss-reactive ketones (excluding diaryl/α,β-unsaturated/α-hetero) is 1. The first-order valence-corrected chi connectivity index (χ1v) is 19.1. The maximum atomic E-state index is 13.9. The summed E-state index contributed by atoms with van der Waals surface area (Å²) in [5.41, 5.74) is -0.0776. The van der Waals surface area contributed by atoms with Gasteiger partial charge in [0.1, 0.15) is 25.1 Å². The van der Waals surface area contributed by atoms with E-state index in [1.807, 2.05) is 19.9 Å². The van der Waals surface area contributed by atoms with Gasteiger partial charge in [-0.1, -0.05) is 52.1 Å². The average Bonchev–Trinajstić information content (AvgIpc) is 2.66. The van der Waals surface area contributed by atoms with Crippen molar-refractivity contribution in [2.45, 2.75) is 128 Å². The summed E-state index contributed by atoms with van der Waals surface area (Å²) in [6.07, 6.45) is -0.000829. The molecule has 0 spiro atoms. The highest BCUT2D eigenvalue weighted by atomic mass is 28.4. The van der Waals surface area contributed by atoms with Crippen LogP contribution in [-0.4, -0.2) is 71.6 Å². The summed E-state index contributed by atoms with van der Waals surface area (Å²) >= 11 is 0. The Morgan fingerprint density at radius 3 is 2.32 bits per heavy atom. The van der Waals surface area contributed by atoms with Gasteiger partial charge in [-0.05, 0) is 38.0 Å². The molecule has 7 nitrogen and oxygen atoms in total. The number of hydrogen-bond donors (Lipinski definition) is 0. The molecule has 1 aliphatic carbocycles. The molecule has 3 heterocycles. The van der Waals surface area contributed by atoms with Gasteiger partial charge in [0, 0.05) is 28.0 Å². The number of ketones is 1. The van der Waals surface area contributed by atoms with Gasteiger partial charge < -0.3 is 28.1 Å². The average molecular weight is 515 g/mol. The molecular formula is C25H46O7Si2. The van der Waals surface area contributed by atoms with Gasteiger partial charge in [-0.2, -0.15) is 0 Å². The summed E-state index contributed by atoms with van der Waals surface area (Å²) in [7, 11) is -3.44. The molecule has 3 aliphatic heterocycles. The highest BCUT2D eigenvalue weighted by Gasteiger charge is 2.74. The summed E-state index contributed by atoms with van der Waals surface area (Å²) in [6, 6.07) is 1.05. The molecule has 34 heavy (non-hydrogen) atoms. The van der Waals surface area contributed by atoms with E-state index in [1.165, 1.54) is 0 Å². The van der Waals surface area contributed by atoms with Crippen molar-refractivity contribution in [3.8, 4) is 0 Å². The van der Waals surface area contributed by atoms with Crippen LogP contribution >= 0.6 is 0 Å². The third kappa shape index (κ3) is 5.62. The van der Waals surface area contributed by atoms with Gasteiger partial charge in [0.15, 0.2) is 25.8 Å². The van der Waals surface area contributed by atoms with Crippen LogP contribution in [0.2, 0.25) is 43.8 Å². The van der Waals surface area contributed by atoms with Crippen LogP contribution in [0.1, 0.15) is 48.0 Å². The quantitative estimate of drug-likeness (QED) is 0.171. The molecule has 0 amide bonds. The molecular weight excluding hydrogens is 468 g/mol. The fraction of sp³-hybridized carbons (Fsp3) is 0.880. The summed E-state index contributed by atoms with van der Waals surface area (Å²) < 4.78 is 37.5. The molecule has 0 radical (unpaired) electrons. The van der Waals surface area contributed by atoms with E-state index in [0.29, 0.717) is 13.0 Å². The fourth-order valence-electron chi connectivity index (χ4n) is 4.43. The van der Waals surface area contributed by atoms with Gasteiger partial charge in [0.25, 0.3) is 5.97 Å². The van der Waals surface area contributed by atoms with Crippen molar-refractivity contribution in [2.75, 3.05) is 13.4 Å². The zero-order valence-electron chi connectivity index (χ0n) is 23.1. The Hall–Kier alpha value is -0.396. The van der Waals surface area contributed by atoms with Gasteiger partial charge >= 0.3 is 0 Å². The predicted octanol–water partition coefficient (Wildman–Crippen LogP) is 5.24. The van der Waals surface area contributed by atoms with Crippen molar-refractivity contribution >= 4 is 22.2 Å². The molecule has 3 saturated heterocycles. The molecule has 0 aromatic rings. The number of carbonyl (C=O) groups excluding carboxylic acids is 1. The Labute approximate surface area is 208 Å². The first-order valence-electron chi connectivity index (χ1n) is 12.5. The van der Waals surface area contributed by atoms with Crippen molar-refractivity contribution in [3.63, 3.8) is 0 Å². The summed E-state index contributed by atoms with van der Waals surface area (Å²) in [5.74, 6) is -1.43. The Morgan fingerprint density at radius 1 is 1.12 bits per heavy atom. The molecule has 4 unspecified atom stereocenters. The zero-order chi connectivity index (χ0) is 25.7. The van der Waals surface area contributed by atoms with Crippen LogP contribution in [-0.2, 0) is 32.9 Å². The van der Waals surface area contributed by atoms with Crippen LogP contribution in [0, 0.1) is 0 Å². The summed E-state index contributed by atoms with van der Waals surface area (Å²) in [4.78, 5) is 13.9. The van der Waals surface area contributed by atoms with E-state index in [0.717, 1.165) is 11.6 Å². The van der Waals surface area contributed by atoms with Crippen molar-refractivity contribution in [2.24, 2.45) is 0 Å². The van der Waals surface area contributed by atoms with Crippen molar-refractivity contribution in [1.29, 1.82) is 0 Å². The van der Waals surface area contributed by atoms with Crippen LogP contribution < -0.4 is 0 Å². The molecule has 4 rings (SSSR count). The minimum Gasteiger partial charge on any atom is -0.408 e. The second-order valence-corrected chi connectivity index (χ2v) is 23.5. The Balaban J connectivity index is 1.89. The van der Waals surface area contributed by atoms with Crippen molar-refractivity contribution in [3.05, 3.63) is 11.6 Å². The van der Waals surface area contributed by atoms with Crippen molar-refractivity contribution in [1.82, 2.24) is 0 Å². The third-order valence-electron chi connectivity index (χ3n) is 7.49. The number of allylic oxidation sites excluding steroid dienone is 1. The van der Waals surface area contributed by atoms with Gasteiger partial charge in [-0.15, -0.1) is 0 Å². The largest absolute Gasteiger partial charge is 0.408 e. The molecule has 0 N–H and O–H groups in total. The first-order chi connectivity index (χ1) is 15.4. The molecule has 4 fully saturated rings. The standard InChI is InChI=1S/C25H46O7Si2/c1-17(2)12-13-25-21(26)19-18(31-34(10,11)23(3,4)5)20(30-24(6,29-19)32-25)22(25)28-16-27-14-15-33(7,8)9/h12,18-20,22H,13-16H2,1-11H3/t18-,19?,20?,22?,24?,25-/m1/s1. The molecule has 1 saturated carbocycles. The van der Waals surface area contributed by atoms with E-state index in [4.69, 9.17) is 28.1 Å². The van der Waals surface area contributed by atoms with Gasteiger partial charge in [0.2, 0.25) is 0 Å². The number of hydrogen-bond acceptors (Lipinski definition) is 7. The van der Waals surface area contributed by atoms with Crippen LogP contribution in [0.5, 0.6) is 0 Å². The predicted molar refractivity (Wildman–Crippen MR) is 137 cm³/mol. The molecule has 0 aromatic carbocycles. The Bertz CT molecular complexity index is 796. The van der Waals surface area contributed by atoms with Gasteiger partial charge in [-0.25, -0.2) is 0 Å².